The van der Waals surface area contributed by atoms with Crippen molar-refractivity contribution in [2.75, 3.05) is 5.73 Å². The number of nitrogen functional groups attached to an aromatic ring is 1. The topological polar surface area (TPSA) is 64.9 Å². The Hall–Kier alpha value is -1.09. The maximum absolute atomic E-state index is 6.35. The van der Waals surface area contributed by atoms with Crippen molar-refractivity contribution in [3.05, 3.63) is 23.4 Å². The van der Waals surface area contributed by atoms with Crippen molar-refractivity contribution in [1.29, 1.82) is 0 Å². The molecule has 88 valence electrons. The van der Waals surface area contributed by atoms with Gasteiger partial charge >= 0.3 is 0 Å². The molecule has 0 spiro atoms. The van der Waals surface area contributed by atoms with E-state index in [4.69, 9.17) is 11.5 Å². The van der Waals surface area contributed by atoms with Crippen LogP contribution in [0.4, 0.5) is 5.82 Å². The Bertz CT molecular complexity index is 336. The first-order valence-electron chi connectivity index (χ1n) is 6.16. The number of aryl methyl sites for hydroxylation is 1. The largest absolute Gasteiger partial charge is 0.383 e. The number of pyridine rings is 1. The van der Waals surface area contributed by atoms with Crippen LogP contribution in [0.1, 0.15) is 49.3 Å². The van der Waals surface area contributed by atoms with Gasteiger partial charge in [0, 0.05) is 17.8 Å². The summed E-state index contributed by atoms with van der Waals surface area (Å²) in [6.07, 6.45) is 8.17. The van der Waals surface area contributed by atoms with Crippen LogP contribution in [0, 0.1) is 12.8 Å². The Morgan fingerprint density at radius 1 is 1.31 bits per heavy atom. The Morgan fingerprint density at radius 3 is 2.62 bits per heavy atom. The molecule has 3 nitrogen and oxygen atoms in total. The summed E-state index contributed by atoms with van der Waals surface area (Å²) < 4.78 is 0. The third-order valence-electron chi connectivity index (χ3n) is 3.73. The molecule has 0 saturated heterocycles. The standard InChI is InChI=1S/C13H21N3/c1-9-7-8-16-13(15)11(9)12(14)10-5-3-2-4-6-10/h7-8,10,12H,2-6,14H2,1H3,(H2,15,16). The van der Waals surface area contributed by atoms with Crippen LogP contribution >= 0.6 is 0 Å². The molecule has 0 bridgehead atoms. The van der Waals surface area contributed by atoms with Crippen LogP contribution in [0.25, 0.3) is 0 Å². The molecule has 1 atom stereocenters. The summed E-state index contributed by atoms with van der Waals surface area (Å²) in [5.41, 5.74) is 14.5. The van der Waals surface area contributed by atoms with Crippen LogP contribution in [0.5, 0.6) is 0 Å². The van der Waals surface area contributed by atoms with E-state index in [2.05, 4.69) is 11.9 Å². The molecule has 1 aliphatic rings. The van der Waals surface area contributed by atoms with Gasteiger partial charge in [-0.05, 0) is 37.3 Å². The lowest BCUT2D eigenvalue weighted by molar-refractivity contribution is 0.308. The fourth-order valence-electron chi connectivity index (χ4n) is 2.75. The second kappa shape index (κ2) is 4.83. The molecule has 0 amide bonds. The highest BCUT2D eigenvalue weighted by molar-refractivity contribution is 5.46. The molecule has 0 aliphatic heterocycles. The summed E-state index contributed by atoms with van der Waals surface area (Å²) in [5, 5.41) is 0. The summed E-state index contributed by atoms with van der Waals surface area (Å²) in [6, 6.07) is 2.06. The molecule has 1 fully saturated rings. The first-order chi connectivity index (χ1) is 7.70. The molecule has 1 heterocycles. The molecule has 1 saturated carbocycles. The Balaban J connectivity index is 2.22. The quantitative estimate of drug-likeness (QED) is 0.803. The fourth-order valence-corrected chi connectivity index (χ4v) is 2.75. The molecule has 0 radical (unpaired) electrons. The highest BCUT2D eigenvalue weighted by atomic mass is 14.8. The average molecular weight is 219 g/mol. The zero-order valence-corrected chi connectivity index (χ0v) is 9.95. The molecule has 16 heavy (non-hydrogen) atoms. The van der Waals surface area contributed by atoms with Gasteiger partial charge < -0.3 is 11.5 Å². The third kappa shape index (κ3) is 2.19. The summed E-state index contributed by atoms with van der Waals surface area (Å²) in [5.74, 6) is 1.19. The minimum atomic E-state index is 0.0639. The maximum Gasteiger partial charge on any atom is 0.128 e. The van der Waals surface area contributed by atoms with Gasteiger partial charge in [-0.15, -0.1) is 0 Å². The van der Waals surface area contributed by atoms with E-state index in [0.717, 1.165) is 5.56 Å². The highest BCUT2D eigenvalue weighted by Crippen LogP contribution is 2.35. The van der Waals surface area contributed by atoms with Gasteiger partial charge in [-0.25, -0.2) is 4.98 Å². The van der Waals surface area contributed by atoms with Crippen LogP contribution in [0.2, 0.25) is 0 Å². The number of hydrogen-bond acceptors (Lipinski definition) is 3. The van der Waals surface area contributed by atoms with Gasteiger partial charge in [0.25, 0.3) is 0 Å². The smallest absolute Gasteiger partial charge is 0.128 e. The van der Waals surface area contributed by atoms with Crippen molar-refractivity contribution >= 4 is 5.82 Å². The molecule has 1 unspecified atom stereocenters. The lowest BCUT2D eigenvalue weighted by atomic mass is 9.81. The molecule has 3 heteroatoms. The van der Waals surface area contributed by atoms with Crippen molar-refractivity contribution in [2.24, 2.45) is 11.7 Å². The van der Waals surface area contributed by atoms with E-state index in [-0.39, 0.29) is 6.04 Å². The number of nitrogens with two attached hydrogens (primary N) is 2. The number of anilines is 1. The van der Waals surface area contributed by atoms with Crippen molar-refractivity contribution in [1.82, 2.24) is 4.98 Å². The minimum absolute atomic E-state index is 0.0639. The van der Waals surface area contributed by atoms with E-state index >= 15 is 0 Å². The van der Waals surface area contributed by atoms with Gasteiger partial charge in [0.2, 0.25) is 0 Å². The maximum atomic E-state index is 6.35. The zero-order chi connectivity index (χ0) is 11.5. The summed E-state index contributed by atoms with van der Waals surface area (Å²) in [6.45, 7) is 2.07. The number of nitrogens with zero attached hydrogens (tertiary/aromatic N) is 1. The normalized spacial score (nSPS) is 19.6. The van der Waals surface area contributed by atoms with E-state index in [0.29, 0.717) is 11.7 Å². The number of aromatic nitrogens is 1. The number of rotatable bonds is 2. The van der Waals surface area contributed by atoms with E-state index in [9.17, 15) is 0 Å². The molecule has 1 aromatic rings. The second-order valence-electron chi connectivity index (χ2n) is 4.85. The van der Waals surface area contributed by atoms with Crippen molar-refractivity contribution in [2.45, 2.75) is 45.1 Å². The van der Waals surface area contributed by atoms with E-state index in [1.165, 1.54) is 37.7 Å². The predicted octanol–water partition coefficient (Wildman–Crippen LogP) is 2.55. The first-order valence-corrected chi connectivity index (χ1v) is 6.16. The molecule has 1 aliphatic carbocycles. The Labute approximate surface area is 97.2 Å². The van der Waals surface area contributed by atoms with Gasteiger partial charge in [0.15, 0.2) is 0 Å². The second-order valence-corrected chi connectivity index (χ2v) is 4.85. The summed E-state index contributed by atoms with van der Waals surface area (Å²) in [7, 11) is 0. The van der Waals surface area contributed by atoms with Gasteiger partial charge in [-0.1, -0.05) is 19.3 Å². The van der Waals surface area contributed by atoms with Crippen molar-refractivity contribution in [3.63, 3.8) is 0 Å². The Kier molecular flexibility index (Phi) is 3.44. The summed E-state index contributed by atoms with van der Waals surface area (Å²) in [4.78, 5) is 4.15. The van der Waals surface area contributed by atoms with Crippen LogP contribution in [0.15, 0.2) is 12.3 Å². The SMILES string of the molecule is Cc1ccnc(N)c1C(N)C1CCCCC1. The van der Waals surface area contributed by atoms with E-state index < -0.39 is 0 Å². The fraction of sp³-hybridized carbons (Fsp3) is 0.615. The minimum Gasteiger partial charge on any atom is -0.383 e. The zero-order valence-electron chi connectivity index (χ0n) is 9.95. The summed E-state index contributed by atoms with van der Waals surface area (Å²) >= 11 is 0. The lowest BCUT2D eigenvalue weighted by Gasteiger charge is -2.29. The molecule has 1 aromatic heterocycles. The van der Waals surface area contributed by atoms with Crippen LogP contribution < -0.4 is 11.5 Å². The lowest BCUT2D eigenvalue weighted by Crippen LogP contribution is -2.25. The van der Waals surface area contributed by atoms with E-state index in [1.54, 1.807) is 6.20 Å². The van der Waals surface area contributed by atoms with E-state index in [1.807, 2.05) is 6.07 Å². The van der Waals surface area contributed by atoms with Gasteiger partial charge in [-0.2, -0.15) is 0 Å². The molecule has 0 aromatic carbocycles. The van der Waals surface area contributed by atoms with Crippen LogP contribution in [-0.2, 0) is 0 Å². The van der Waals surface area contributed by atoms with Gasteiger partial charge in [0.05, 0.1) is 0 Å². The van der Waals surface area contributed by atoms with Crippen molar-refractivity contribution < 1.29 is 0 Å². The molecule has 4 N–H and O–H groups in total. The molecular formula is C13H21N3. The molecule has 2 rings (SSSR count). The van der Waals surface area contributed by atoms with Crippen LogP contribution in [0.3, 0.4) is 0 Å². The van der Waals surface area contributed by atoms with Gasteiger partial charge in [-0.3, -0.25) is 0 Å². The average Bonchev–Trinajstić information content (AvgIpc) is 2.30. The predicted molar refractivity (Wildman–Crippen MR) is 66.9 cm³/mol. The Morgan fingerprint density at radius 2 is 2.00 bits per heavy atom. The monoisotopic (exact) mass is 219 g/mol. The van der Waals surface area contributed by atoms with Crippen LogP contribution in [-0.4, -0.2) is 4.98 Å². The molecular weight excluding hydrogens is 198 g/mol. The highest BCUT2D eigenvalue weighted by Gasteiger charge is 2.24. The third-order valence-corrected chi connectivity index (χ3v) is 3.73. The van der Waals surface area contributed by atoms with Gasteiger partial charge in [0.1, 0.15) is 5.82 Å². The van der Waals surface area contributed by atoms with Crippen molar-refractivity contribution in [3.8, 4) is 0 Å². The first kappa shape index (κ1) is 11.4. The number of hydrogen-bond donors (Lipinski definition) is 2.